The van der Waals surface area contributed by atoms with E-state index in [1.165, 1.54) is 12.0 Å². The van der Waals surface area contributed by atoms with E-state index < -0.39 is 0 Å². The summed E-state index contributed by atoms with van der Waals surface area (Å²) in [6.07, 6.45) is 2.21. The van der Waals surface area contributed by atoms with Gasteiger partial charge in [-0.1, -0.05) is 13.8 Å². The van der Waals surface area contributed by atoms with Gasteiger partial charge in [0.2, 0.25) is 0 Å². The summed E-state index contributed by atoms with van der Waals surface area (Å²) in [6, 6.07) is 6.18. The van der Waals surface area contributed by atoms with Crippen molar-refractivity contribution in [3.63, 3.8) is 0 Å². The van der Waals surface area contributed by atoms with Crippen molar-refractivity contribution < 1.29 is 14.8 Å². The second kappa shape index (κ2) is 7.96. The zero-order valence-corrected chi connectivity index (χ0v) is 11.2. The quantitative estimate of drug-likeness (QED) is 0.703. The maximum atomic E-state index is 5.62. The Morgan fingerprint density at radius 1 is 1.12 bits per heavy atom. The van der Waals surface area contributed by atoms with Gasteiger partial charge in [0.05, 0.1) is 20.3 Å². The Hall–Kier alpha value is -1.22. The highest BCUT2D eigenvalue weighted by molar-refractivity contribution is 5.42. The molecule has 0 heterocycles. The standard InChI is InChI=1S/C14H23NO2/c1-4-8-15-11-12-6-7-13(17-9-5-2)14(10-12)16-3/h6-7,10,15H,4-5,8-9,11H2,1-3H3/p+1. The predicted molar refractivity (Wildman–Crippen MR) is 69.6 cm³/mol. The summed E-state index contributed by atoms with van der Waals surface area (Å²) in [5.74, 6) is 1.68. The van der Waals surface area contributed by atoms with Crippen LogP contribution in [0.5, 0.6) is 11.5 Å². The molecule has 0 bridgehead atoms. The van der Waals surface area contributed by atoms with Crippen molar-refractivity contribution in [2.24, 2.45) is 0 Å². The molecular weight excluding hydrogens is 214 g/mol. The molecule has 3 heteroatoms. The summed E-state index contributed by atoms with van der Waals surface area (Å²) in [6.45, 7) is 7.19. The largest absolute Gasteiger partial charge is 0.493 e. The summed E-state index contributed by atoms with van der Waals surface area (Å²) in [5.41, 5.74) is 1.28. The molecule has 0 atom stereocenters. The van der Waals surface area contributed by atoms with Crippen LogP contribution in [0.25, 0.3) is 0 Å². The van der Waals surface area contributed by atoms with Gasteiger partial charge >= 0.3 is 0 Å². The highest BCUT2D eigenvalue weighted by Gasteiger charge is 2.06. The lowest BCUT2D eigenvalue weighted by Gasteiger charge is -2.11. The highest BCUT2D eigenvalue weighted by Crippen LogP contribution is 2.27. The number of quaternary nitrogens is 1. The zero-order valence-electron chi connectivity index (χ0n) is 11.2. The molecular formula is C14H24NO2+. The number of nitrogens with two attached hydrogens (primary N) is 1. The average molecular weight is 238 g/mol. The van der Waals surface area contributed by atoms with Gasteiger partial charge in [-0.15, -0.1) is 0 Å². The lowest BCUT2D eigenvalue weighted by Crippen LogP contribution is -2.82. The van der Waals surface area contributed by atoms with Gasteiger partial charge in [-0.05, 0) is 31.0 Å². The summed E-state index contributed by atoms with van der Waals surface area (Å²) in [5, 5.41) is 2.31. The van der Waals surface area contributed by atoms with E-state index in [0.717, 1.165) is 37.6 Å². The molecule has 17 heavy (non-hydrogen) atoms. The Bertz CT molecular complexity index is 326. The first-order chi connectivity index (χ1) is 8.31. The first-order valence-corrected chi connectivity index (χ1v) is 6.43. The first-order valence-electron chi connectivity index (χ1n) is 6.43. The SMILES string of the molecule is CCC[NH2+]Cc1ccc(OCCC)c(OC)c1. The molecule has 0 saturated heterocycles. The van der Waals surface area contributed by atoms with Crippen LogP contribution in [0.2, 0.25) is 0 Å². The van der Waals surface area contributed by atoms with Gasteiger partial charge in [-0.2, -0.15) is 0 Å². The molecule has 1 aromatic rings. The smallest absolute Gasteiger partial charge is 0.161 e. The zero-order chi connectivity index (χ0) is 12.5. The molecule has 0 aromatic heterocycles. The minimum Gasteiger partial charge on any atom is -0.493 e. The number of ether oxygens (including phenoxy) is 2. The molecule has 0 aliphatic carbocycles. The van der Waals surface area contributed by atoms with Crippen molar-refractivity contribution in [3.8, 4) is 11.5 Å². The van der Waals surface area contributed by atoms with Crippen LogP contribution < -0.4 is 14.8 Å². The van der Waals surface area contributed by atoms with Crippen LogP contribution in [-0.4, -0.2) is 20.3 Å². The molecule has 0 amide bonds. The fraction of sp³-hybridized carbons (Fsp3) is 0.571. The van der Waals surface area contributed by atoms with Gasteiger partial charge in [-0.25, -0.2) is 0 Å². The lowest BCUT2D eigenvalue weighted by molar-refractivity contribution is -0.670. The van der Waals surface area contributed by atoms with Crippen molar-refractivity contribution >= 4 is 0 Å². The molecule has 0 radical (unpaired) electrons. The van der Waals surface area contributed by atoms with E-state index in [1.54, 1.807) is 7.11 Å². The molecule has 0 aliphatic rings. The molecule has 0 fully saturated rings. The first kappa shape index (κ1) is 13.8. The fourth-order valence-electron chi connectivity index (χ4n) is 1.64. The third-order valence-electron chi connectivity index (χ3n) is 2.56. The number of hydrogen-bond acceptors (Lipinski definition) is 2. The van der Waals surface area contributed by atoms with E-state index in [4.69, 9.17) is 9.47 Å². The summed E-state index contributed by atoms with van der Waals surface area (Å²) >= 11 is 0. The Balaban J connectivity index is 2.63. The van der Waals surface area contributed by atoms with Gasteiger partial charge in [0.1, 0.15) is 6.54 Å². The van der Waals surface area contributed by atoms with Gasteiger partial charge in [0.15, 0.2) is 11.5 Å². The van der Waals surface area contributed by atoms with Gasteiger partial charge in [-0.3, -0.25) is 0 Å². The van der Waals surface area contributed by atoms with Gasteiger partial charge in [0.25, 0.3) is 0 Å². The fourth-order valence-corrected chi connectivity index (χ4v) is 1.64. The van der Waals surface area contributed by atoms with Gasteiger partial charge < -0.3 is 14.8 Å². The summed E-state index contributed by atoms with van der Waals surface area (Å²) in [4.78, 5) is 0. The number of rotatable bonds is 8. The minimum absolute atomic E-state index is 0.734. The number of benzene rings is 1. The van der Waals surface area contributed by atoms with E-state index in [0.29, 0.717) is 0 Å². The molecule has 0 aliphatic heterocycles. The Kier molecular flexibility index (Phi) is 6.48. The van der Waals surface area contributed by atoms with Gasteiger partial charge in [0, 0.05) is 5.56 Å². The predicted octanol–water partition coefficient (Wildman–Crippen LogP) is 1.96. The average Bonchev–Trinajstić information content (AvgIpc) is 2.37. The Labute approximate surface area is 104 Å². The van der Waals surface area contributed by atoms with E-state index >= 15 is 0 Å². The Morgan fingerprint density at radius 2 is 1.94 bits per heavy atom. The van der Waals surface area contributed by atoms with Crippen LogP contribution in [0.3, 0.4) is 0 Å². The summed E-state index contributed by atoms with van der Waals surface area (Å²) in [7, 11) is 1.69. The molecule has 96 valence electrons. The molecule has 0 spiro atoms. The summed E-state index contributed by atoms with van der Waals surface area (Å²) < 4.78 is 11.0. The Morgan fingerprint density at radius 3 is 2.59 bits per heavy atom. The molecule has 1 aromatic carbocycles. The minimum atomic E-state index is 0.734. The maximum Gasteiger partial charge on any atom is 0.161 e. The second-order valence-corrected chi connectivity index (χ2v) is 4.12. The number of hydrogen-bond donors (Lipinski definition) is 1. The van der Waals surface area contributed by atoms with Crippen molar-refractivity contribution in [3.05, 3.63) is 23.8 Å². The van der Waals surface area contributed by atoms with Crippen molar-refractivity contribution in [2.45, 2.75) is 33.2 Å². The van der Waals surface area contributed by atoms with Crippen LogP contribution in [0, 0.1) is 0 Å². The molecule has 2 N–H and O–H groups in total. The van der Waals surface area contributed by atoms with E-state index in [-0.39, 0.29) is 0 Å². The van der Waals surface area contributed by atoms with Crippen LogP contribution in [0.4, 0.5) is 0 Å². The van der Waals surface area contributed by atoms with Crippen LogP contribution in [-0.2, 0) is 6.54 Å². The molecule has 3 nitrogen and oxygen atoms in total. The van der Waals surface area contributed by atoms with E-state index in [1.807, 2.05) is 6.07 Å². The monoisotopic (exact) mass is 238 g/mol. The van der Waals surface area contributed by atoms with Crippen LogP contribution in [0.1, 0.15) is 32.3 Å². The van der Waals surface area contributed by atoms with E-state index in [2.05, 4.69) is 31.3 Å². The molecule has 1 rings (SSSR count). The lowest BCUT2D eigenvalue weighted by atomic mass is 10.2. The molecule has 0 saturated carbocycles. The third kappa shape index (κ3) is 4.65. The van der Waals surface area contributed by atoms with E-state index in [9.17, 15) is 0 Å². The van der Waals surface area contributed by atoms with Crippen LogP contribution in [0.15, 0.2) is 18.2 Å². The van der Waals surface area contributed by atoms with Crippen LogP contribution >= 0.6 is 0 Å². The number of methoxy groups -OCH3 is 1. The maximum absolute atomic E-state index is 5.62. The van der Waals surface area contributed by atoms with Crippen molar-refractivity contribution in [1.82, 2.24) is 0 Å². The highest BCUT2D eigenvalue weighted by atomic mass is 16.5. The normalized spacial score (nSPS) is 10.3. The molecule has 0 unspecified atom stereocenters. The second-order valence-electron chi connectivity index (χ2n) is 4.12. The topological polar surface area (TPSA) is 35.1 Å². The third-order valence-corrected chi connectivity index (χ3v) is 2.56. The van der Waals surface area contributed by atoms with Crippen molar-refractivity contribution in [2.75, 3.05) is 20.3 Å². The van der Waals surface area contributed by atoms with Crippen molar-refractivity contribution in [1.29, 1.82) is 0 Å².